The maximum Gasteiger partial charge on any atom is 0.214 e. The fourth-order valence-corrected chi connectivity index (χ4v) is 2.69. The molecule has 3 nitrogen and oxygen atoms in total. The average molecular weight is 270 g/mol. The van der Waals surface area contributed by atoms with Gasteiger partial charge in [-0.25, -0.2) is 4.98 Å². The molecule has 0 aliphatic carbocycles. The SMILES string of the molecule is COc1cc(C)c(C#N)c(SCc2ccccc2)n1. The number of hydrogen-bond acceptors (Lipinski definition) is 4. The number of rotatable bonds is 4. The number of ether oxygens (including phenoxy) is 1. The Morgan fingerprint density at radius 2 is 2.05 bits per heavy atom. The van der Waals surface area contributed by atoms with Crippen molar-refractivity contribution in [2.75, 3.05) is 7.11 Å². The number of aromatic nitrogens is 1. The molecule has 0 aliphatic rings. The highest BCUT2D eigenvalue weighted by atomic mass is 32.2. The fourth-order valence-electron chi connectivity index (χ4n) is 1.69. The summed E-state index contributed by atoms with van der Waals surface area (Å²) in [6.07, 6.45) is 0. The van der Waals surface area contributed by atoms with Gasteiger partial charge in [0.2, 0.25) is 5.88 Å². The largest absolute Gasteiger partial charge is 0.481 e. The monoisotopic (exact) mass is 270 g/mol. The van der Waals surface area contributed by atoms with Gasteiger partial charge in [-0.1, -0.05) is 30.3 Å². The molecular weight excluding hydrogens is 256 g/mol. The summed E-state index contributed by atoms with van der Waals surface area (Å²) in [5.41, 5.74) is 2.73. The molecule has 19 heavy (non-hydrogen) atoms. The predicted molar refractivity (Wildman–Crippen MR) is 76.2 cm³/mol. The molecule has 0 spiro atoms. The summed E-state index contributed by atoms with van der Waals surface area (Å²) < 4.78 is 5.15. The van der Waals surface area contributed by atoms with Gasteiger partial charge in [-0.05, 0) is 18.1 Å². The van der Waals surface area contributed by atoms with Gasteiger partial charge < -0.3 is 4.74 Å². The lowest BCUT2D eigenvalue weighted by Gasteiger charge is -2.08. The third-order valence-corrected chi connectivity index (χ3v) is 3.75. The van der Waals surface area contributed by atoms with Crippen LogP contribution in [0, 0.1) is 18.3 Å². The molecule has 0 saturated heterocycles. The maximum atomic E-state index is 9.22. The Morgan fingerprint density at radius 3 is 2.68 bits per heavy atom. The van der Waals surface area contributed by atoms with Crippen LogP contribution in [-0.2, 0) is 5.75 Å². The molecule has 0 N–H and O–H groups in total. The highest BCUT2D eigenvalue weighted by Crippen LogP contribution is 2.28. The minimum Gasteiger partial charge on any atom is -0.481 e. The Bertz CT molecular complexity index is 606. The van der Waals surface area contributed by atoms with Crippen LogP contribution < -0.4 is 4.74 Å². The first-order valence-electron chi connectivity index (χ1n) is 5.87. The number of hydrogen-bond donors (Lipinski definition) is 0. The van der Waals surface area contributed by atoms with E-state index >= 15 is 0 Å². The molecule has 0 atom stereocenters. The normalized spacial score (nSPS) is 9.95. The number of nitrogens with zero attached hydrogens (tertiary/aromatic N) is 2. The highest BCUT2D eigenvalue weighted by Gasteiger charge is 2.11. The summed E-state index contributed by atoms with van der Waals surface area (Å²) in [6.45, 7) is 1.90. The molecule has 0 unspecified atom stereocenters. The predicted octanol–water partition coefficient (Wildman–Crippen LogP) is 3.56. The second-order valence-electron chi connectivity index (χ2n) is 4.05. The number of methoxy groups -OCH3 is 1. The molecule has 0 aliphatic heterocycles. The van der Waals surface area contributed by atoms with Crippen LogP contribution >= 0.6 is 11.8 Å². The summed E-state index contributed by atoms with van der Waals surface area (Å²) in [4.78, 5) is 4.36. The molecule has 96 valence electrons. The molecule has 4 heteroatoms. The lowest BCUT2D eigenvalue weighted by Crippen LogP contribution is -1.96. The van der Waals surface area contributed by atoms with E-state index in [0.29, 0.717) is 11.4 Å². The van der Waals surface area contributed by atoms with Crippen LogP contribution in [-0.4, -0.2) is 12.1 Å². The molecule has 1 heterocycles. The van der Waals surface area contributed by atoms with E-state index in [1.165, 1.54) is 5.56 Å². The Morgan fingerprint density at radius 1 is 1.32 bits per heavy atom. The van der Waals surface area contributed by atoms with Crippen molar-refractivity contribution in [3.05, 3.63) is 53.1 Å². The number of pyridine rings is 1. The molecule has 2 aromatic rings. The molecule has 0 radical (unpaired) electrons. The Labute approximate surface area is 117 Å². The van der Waals surface area contributed by atoms with E-state index in [1.54, 1.807) is 24.9 Å². The minimum atomic E-state index is 0.548. The van der Waals surface area contributed by atoms with Gasteiger partial charge in [-0.15, -0.1) is 11.8 Å². The van der Waals surface area contributed by atoms with Crippen molar-refractivity contribution < 1.29 is 4.74 Å². The summed E-state index contributed by atoms with van der Waals surface area (Å²) in [6, 6.07) is 14.1. The van der Waals surface area contributed by atoms with Crippen molar-refractivity contribution in [3.63, 3.8) is 0 Å². The highest BCUT2D eigenvalue weighted by molar-refractivity contribution is 7.98. The van der Waals surface area contributed by atoms with Crippen molar-refractivity contribution in [2.45, 2.75) is 17.7 Å². The molecular formula is C15H14N2OS. The van der Waals surface area contributed by atoms with Gasteiger partial charge in [0.1, 0.15) is 11.1 Å². The van der Waals surface area contributed by atoms with Gasteiger partial charge in [-0.2, -0.15) is 5.26 Å². The van der Waals surface area contributed by atoms with E-state index in [1.807, 2.05) is 25.1 Å². The first-order valence-corrected chi connectivity index (χ1v) is 6.85. The second-order valence-corrected chi connectivity index (χ2v) is 5.01. The lowest BCUT2D eigenvalue weighted by molar-refractivity contribution is 0.394. The van der Waals surface area contributed by atoms with E-state index < -0.39 is 0 Å². The van der Waals surface area contributed by atoms with Crippen LogP contribution in [0.3, 0.4) is 0 Å². The standard InChI is InChI=1S/C15H14N2OS/c1-11-8-14(18-2)17-15(13(11)9-16)19-10-12-6-4-3-5-7-12/h3-8H,10H2,1-2H3. The van der Waals surface area contributed by atoms with Crippen LogP contribution in [0.1, 0.15) is 16.7 Å². The van der Waals surface area contributed by atoms with Gasteiger partial charge in [0, 0.05) is 11.8 Å². The number of aryl methyl sites for hydroxylation is 1. The van der Waals surface area contributed by atoms with E-state index in [4.69, 9.17) is 4.74 Å². The quantitative estimate of drug-likeness (QED) is 0.797. The van der Waals surface area contributed by atoms with E-state index in [9.17, 15) is 5.26 Å². The molecule has 0 saturated carbocycles. The van der Waals surface area contributed by atoms with Gasteiger partial charge >= 0.3 is 0 Å². The lowest BCUT2D eigenvalue weighted by atomic mass is 10.2. The van der Waals surface area contributed by atoms with E-state index in [2.05, 4.69) is 23.2 Å². The Kier molecular flexibility index (Phi) is 4.43. The number of benzene rings is 1. The third-order valence-electron chi connectivity index (χ3n) is 2.70. The molecule has 1 aromatic heterocycles. The molecule has 2 rings (SSSR count). The zero-order valence-corrected chi connectivity index (χ0v) is 11.7. The first kappa shape index (κ1) is 13.4. The first-order chi connectivity index (χ1) is 9.24. The topological polar surface area (TPSA) is 45.9 Å². The van der Waals surface area contributed by atoms with Crippen molar-refractivity contribution >= 4 is 11.8 Å². The van der Waals surface area contributed by atoms with Crippen LogP contribution in [0.4, 0.5) is 0 Å². The Hall–Kier alpha value is -1.99. The number of thioether (sulfide) groups is 1. The van der Waals surface area contributed by atoms with Crippen LogP contribution in [0.25, 0.3) is 0 Å². The second kappa shape index (κ2) is 6.26. The maximum absolute atomic E-state index is 9.22. The van der Waals surface area contributed by atoms with E-state index in [-0.39, 0.29) is 0 Å². The summed E-state index contributed by atoms with van der Waals surface area (Å²) >= 11 is 1.55. The molecule has 0 bridgehead atoms. The molecule has 0 fully saturated rings. The van der Waals surface area contributed by atoms with Crippen molar-refractivity contribution in [2.24, 2.45) is 0 Å². The van der Waals surface area contributed by atoms with Crippen molar-refractivity contribution in [1.82, 2.24) is 4.98 Å². The Balaban J connectivity index is 2.24. The zero-order chi connectivity index (χ0) is 13.7. The average Bonchev–Trinajstić information content (AvgIpc) is 2.45. The van der Waals surface area contributed by atoms with Gasteiger partial charge in [-0.3, -0.25) is 0 Å². The third kappa shape index (κ3) is 3.27. The molecule has 1 aromatic carbocycles. The van der Waals surface area contributed by atoms with Crippen LogP contribution in [0.5, 0.6) is 5.88 Å². The minimum absolute atomic E-state index is 0.548. The van der Waals surface area contributed by atoms with Gasteiger partial charge in [0.05, 0.1) is 12.7 Å². The van der Waals surface area contributed by atoms with Crippen molar-refractivity contribution in [1.29, 1.82) is 5.26 Å². The smallest absolute Gasteiger partial charge is 0.214 e. The van der Waals surface area contributed by atoms with Gasteiger partial charge in [0.25, 0.3) is 0 Å². The summed E-state index contributed by atoms with van der Waals surface area (Å²) in [5, 5.41) is 9.94. The van der Waals surface area contributed by atoms with Gasteiger partial charge in [0.15, 0.2) is 0 Å². The van der Waals surface area contributed by atoms with Crippen LogP contribution in [0.2, 0.25) is 0 Å². The van der Waals surface area contributed by atoms with Crippen molar-refractivity contribution in [3.8, 4) is 11.9 Å². The summed E-state index contributed by atoms with van der Waals surface area (Å²) in [5.74, 6) is 1.34. The fraction of sp³-hybridized carbons (Fsp3) is 0.200. The summed E-state index contributed by atoms with van der Waals surface area (Å²) in [7, 11) is 1.58. The molecule has 0 amide bonds. The van der Waals surface area contributed by atoms with Crippen LogP contribution in [0.15, 0.2) is 41.4 Å². The number of nitriles is 1. The van der Waals surface area contributed by atoms with E-state index in [0.717, 1.165) is 16.3 Å². The zero-order valence-electron chi connectivity index (χ0n) is 10.9.